The first-order valence-electron chi connectivity index (χ1n) is 12.9. The summed E-state index contributed by atoms with van der Waals surface area (Å²) >= 11 is 0. The van der Waals surface area contributed by atoms with E-state index < -0.39 is 34.5 Å². The average Bonchev–Trinajstić information content (AvgIpc) is 3.57. The molecule has 0 bridgehead atoms. The molecule has 1 atom stereocenters. The molecule has 5 aromatic rings. The highest BCUT2D eigenvalue weighted by atomic mass is 19.1. The van der Waals surface area contributed by atoms with Gasteiger partial charge in [-0.25, -0.2) is 14.3 Å². The fourth-order valence-electron chi connectivity index (χ4n) is 4.88. The van der Waals surface area contributed by atoms with Crippen molar-refractivity contribution in [3.05, 3.63) is 124 Å². The summed E-state index contributed by atoms with van der Waals surface area (Å²) < 4.78 is 19.3. The van der Waals surface area contributed by atoms with E-state index in [0.717, 1.165) is 4.90 Å². The van der Waals surface area contributed by atoms with Gasteiger partial charge in [0.15, 0.2) is 5.58 Å². The third kappa shape index (κ3) is 4.99. The van der Waals surface area contributed by atoms with Crippen molar-refractivity contribution in [3.63, 3.8) is 0 Å². The monoisotopic (exact) mass is 564 g/mol. The summed E-state index contributed by atoms with van der Waals surface area (Å²) in [5, 5.41) is 11.1. The first-order valence-corrected chi connectivity index (χ1v) is 12.9. The summed E-state index contributed by atoms with van der Waals surface area (Å²) in [4.78, 5) is 57.7. The molecule has 0 spiro atoms. The second-order valence-corrected chi connectivity index (χ2v) is 9.68. The average molecular weight is 565 g/mol. The number of non-ortho nitro benzene ring substituents is 1. The van der Waals surface area contributed by atoms with Crippen molar-refractivity contribution in [2.45, 2.75) is 19.0 Å². The molecule has 0 saturated carbocycles. The predicted octanol–water partition coefficient (Wildman–Crippen LogP) is 5.52. The number of nitrogens with zero attached hydrogens (tertiary/aromatic N) is 4. The molecular weight excluding hydrogens is 543 g/mol. The van der Waals surface area contributed by atoms with Gasteiger partial charge in [-0.3, -0.25) is 24.5 Å². The number of halogens is 1. The molecule has 1 aromatic heterocycles. The summed E-state index contributed by atoms with van der Waals surface area (Å²) in [5.74, 6) is -1.79. The number of rotatable bonds is 7. The van der Waals surface area contributed by atoms with Gasteiger partial charge in [0.2, 0.25) is 11.8 Å². The van der Waals surface area contributed by atoms with Gasteiger partial charge in [-0.05, 0) is 66.2 Å². The summed E-state index contributed by atoms with van der Waals surface area (Å²) in [6, 6.07) is 23.1. The molecular formula is C31H21FN4O6. The number of anilines is 1. The topological polar surface area (TPSA) is 127 Å². The maximum absolute atomic E-state index is 13.7. The highest BCUT2D eigenvalue weighted by molar-refractivity contribution is 6.23. The van der Waals surface area contributed by atoms with Crippen LogP contribution in [0.15, 0.2) is 101 Å². The van der Waals surface area contributed by atoms with Gasteiger partial charge in [-0.15, -0.1) is 0 Å². The van der Waals surface area contributed by atoms with Crippen molar-refractivity contribution in [2.24, 2.45) is 0 Å². The third-order valence-electron chi connectivity index (χ3n) is 7.02. The minimum Gasteiger partial charge on any atom is -0.436 e. The van der Waals surface area contributed by atoms with Gasteiger partial charge in [0.25, 0.3) is 17.5 Å². The molecule has 3 amide bonds. The van der Waals surface area contributed by atoms with Gasteiger partial charge in [0.1, 0.15) is 17.4 Å². The van der Waals surface area contributed by atoms with E-state index in [9.17, 15) is 28.9 Å². The van der Waals surface area contributed by atoms with Crippen molar-refractivity contribution < 1.29 is 28.1 Å². The number of amides is 3. The molecule has 4 aromatic carbocycles. The highest BCUT2D eigenvalue weighted by Gasteiger charge is 2.44. The van der Waals surface area contributed by atoms with Crippen LogP contribution in [0.25, 0.3) is 22.6 Å². The summed E-state index contributed by atoms with van der Waals surface area (Å²) in [7, 11) is 0. The molecule has 1 unspecified atom stereocenters. The third-order valence-corrected chi connectivity index (χ3v) is 7.02. The zero-order valence-corrected chi connectivity index (χ0v) is 21.8. The summed E-state index contributed by atoms with van der Waals surface area (Å²) in [5.41, 5.74) is 2.73. The standard InChI is InChI=1S/C31H21FN4O6/c32-22-11-5-19(6-12-22)18-34(30(38)21-9-15-24(16-10-21)36(40)41)26-17-28(37)35(31(26)39)23-13-7-20(8-14-23)29-33-25-3-1-2-4-27(25)42-29/h1-16,26H,17-18H2. The van der Waals surface area contributed by atoms with Crippen LogP contribution in [-0.2, 0) is 16.1 Å². The number of aromatic nitrogens is 1. The van der Waals surface area contributed by atoms with Gasteiger partial charge in [0, 0.05) is 29.8 Å². The quantitative estimate of drug-likeness (QED) is 0.145. The second kappa shape index (κ2) is 10.7. The minimum absolute atomic E-state index is 0.0930. The molecule has 1 fully saturated rings. The van der Waals surface area contributed by atoms with E-state index >= 15 is 0 Å². The fraction of sp³-hybridized carbons (Fsp3) is 0.0968. The molecule has 0 N–H and O–H groups in total. The minimum atomic E-state index is -1.15. The summed E-state index contributed by atoms with van der Waals surface area (Å²) in [6.07, 6.45) is -0.272. The molecule has 0 aliphatic carbocycles. The van der Waals surface area contributed by atoms with Crippen molar-refractivity contribution >= 4 is 40.2 Å². The Balaban J connectivity index is 1.29. The Morgan fingerprint density at radius 3 is 2.33 bits per heavy atom. The predicted molar refractivity (Wildman–Crippen MR) is 150 cm³/mol. The van der Waals surface area contributed by atoms with E-state index in [-0.39, 0.29) is 24.2 Å². The lowest BCUT2D eigenvalue weighted by molar-refractivity contribution is -0.384. The number of para-hydroxylation sites is 2. The maximum atomic E-state index is 13.7. The zero-order chi connectivity index (χ0) is 29.4. The highest BCUT2D eigenvalue weighted by Crippen LogP contribution is 2.31. The molecule has 6 rings (SSSR count). The Morgan fingerprint density at radius 2 is 1.67 bits per heavy atom. The number of hydrogen-bond donors (Lipinski definition) is 0. The number of nitro benzene ring substituents is 1. The Bertz CT molecular complexity index is 1800. The van der Waals surface area contributed by atoms with E-state index in [2.05, 4.69) is 4.98 Å². The van der Waals surface area contributed by atoms with Crippen LogP contribution in [-0.4, -0.2) is 38.6 Å². The van der Waals surface area contributed by atoms with Crippen LogP contribution in [0.5, 0.6) is 0 Å². The van der Waals surface area contributed by atoms with Gasteiger partial charge in [0.05, 0.1) is 17.0 Å². The number of hydrogen-bond acceptors (Lipinski definition) is 7. The first kappa shape index (κ1) is 26.5. The van der Waals surface area contributed by atoms with Crippen molar-refractivity contribution in [1.29, 1.82) is 0 Å². The van der Waals surface area contributed by atoms with Crippen molar-refractivity contribution in [3.8, 4) is 11.5 Å². The van der Waals surface area contributed by atoms with Crippen molar-refractivity contribution in [1.82, 2.24) is 9.88 Å². The van der Waals surface area contributed by atoms with Crippen LogP contribution in [0.4, 0.5) is 15.8 Å². The number of imide groups is 1. The Labute approximate surface area is 237 Å². The van der Waals surface area contributed by atoms with Gasteiger partial charge < -0.3 is 9.32 Å². The van der Waals surface area contributed by atoms with Crippen LogP contribution in [0, 0.1) is 15.9 Å². The number of carbonyl (C=O) groups excluding carboxylic acids is 3. The van der Waals surface area contributed by atoms with Gasteiger partial charge >= 0.3 is 0 Å². The smallest absolute Gasteiger partial charge is 0.269 e. The molecule has 11 heteroatoms. The lowest BCUT2D eigenvalue weighted by Gasteiger charge is -2.28. The van der Waals surface area contributed by atoms with E-state index in [4.69, 9.17) is 4.42 Å². The molecule has 1 aliphatic heterocycles. The number of fused-ring (bicyclic) bond motifs is 1. The molecule has 2 heterocycles. The Hall–Kier alpha value is -5.71. The maximum Gasteiger partial charge on any atom is 0.269 e. The fourth-order valence-corrected chi connectivity index (χ4v) is 4.88. The number of carbonyl (C=O) groups is 3. The Morgan fingerprint density at radius 1 is 0.976 bits per heavy atom. The van der Waals surface area contributed by atoms with Crippen molar-refractivity contribution in [2.75, 3.05) is 4.90 Å². The molecule has 208 valence electrons. The molecule has 42 heavy (non-hydrogen) atoms. The van der Waals surface area contributed by atoms with Crippen LogP contribution < -0.4 is 4.90 Å². The van der Waals surface area contributed by atoms with Crippen LogP contribution in [0.2, 0.25) is 0 Å². The molecule has 0 radical (unpaired) electrons. The van der Waals surface area contributed by atoms with Crippen LogP contribution in [0.1, 0.15) is 22.3 Å². The molecule has 10 nitrogen and oxygen atoms in total. The normalized spacial score (nSPS) is 14.9. The SMILES string of the molecule is O=C1CC(N(Cc2ccc(F)cc2)C(=O)c2ccc([N+](=O)[O-])cc2)C(=O)N1c1ccc(-c2nc3ccccc3o2)cc1. The number of oxazole rings is 1. The van der Waals surface area contributed by atoms with E-state index in [1.54, 1.807) is 30.3 Å². The summed E-state index contributed by atoms with van der Waals surface area (Å²) in [6.45, 7) is -0.0930. The van der Waals surface area contributed by atoms with E-state index in [1.807, 2.05) is 18.2 Å². The zero-order valence-electron chi connectivity index (χ0n) is 21.8. The first-order chi connectivity index (χ1) is 20.3. The van der Waals surface area contributed by atoms with Gasteiger partial charge in [-0.1, -0.05) is 24.3 Å². The number of nitro groups is 1. The molecule has 1 aliphatic rings. The lowest BCUT2D eigenvalue weighted by Crippen LogP contribution is -2.45. The van der Waals surface area contributed by atoms with E-state index in [0.29, 0.717) is 33.8 Å². The largest absolute Gasteiger partial charge is 0.436 e. The molecule has 1 saturated heterocycles. The lowest BCUT2D eigenvalue weighted by atomic mass is 10.1. The van der Waals surface area contributed by atoms with Gasteiger partial charge in [-0.2, -0.15) is 0 Å². The van der Waals surface area contributed by atoms with E-state index in [1.165, 1.54) is 53.4 Å². The number of benzene rings is 4. The van der Waals surface area contributed by atoms with Crippen LogP contribution in [0.3, 0.4) is 0 Å². The second-order valence-electron chi connectivity index (χ2n) is 9.68. The Kier molecular flexibility index (Phi) is 6.75. The van der Waals surface area contributed by atoms with Crippen LogP contribution >= 0.6 is 0 Å².